The molecule has 2 aromatic carbocycles. The minimum Gasteiger partial charge on any atom is -0.476 e. The molecule has 1 aliphatic carbocycles. The molecule has 1 N–H and O–H groups in total. The van der Waals surface area contributed by atoms with E-state index in [2.05, 4.69) is 5.32 Å². The lowest BCUT2D eigenvalue weighted by Gasteiger charge is -2.34. The lowest BCUT2D eigenvalue weighted by atomic mass is 10.2. The third-order valence-electron chi connectivity index (χ3n) is 5.47. The molecule has 0 aromatic heterocycles. The second-order valence-corrected chi connectivity index (χ2v) is 11.3. The molecule has 31 heavy (non-hydrogen) atoms. The molecule has 1 aliphatic heterocycles. The van der Waals surface area contributed by atoms with Crippen molar-refractivity contribution in [3.63, 3.8) is 0 Å². The van der Waals surface area contributed by atoms with E-state index in [9.17, 15) is 13.2 Å². The Balaban J connectivity index is 1.49. The number of carbonyl (C=O) groups is 1. The molecule has 2 aliphatic rings. The molecule has 166 valence electrons. The minimum atomic E-state index is -3.88. The van der Waals surface area contributed by atoms with Gasteiger partial charge in [0.2, 0.25) is 0 Å². The number of carbonyl (C=O) groups excluding carboxylic acids is 1. The maximum Gasteiger partial charge on any atom is 0.264 e. The number of fused-ring (bicyclic) bond motifs is 1. The van der Waals surface area contributed by atoms with Crippen LogP contribution in [-0.4, -0.2) is 44.5 Å². The Kier molecular flexibility index (Phi) is 6.99. The van der Waals surface area contributed by atoms with E-state index in [1.807, 2.05) is 11.8 Å². The third kappa shape index (κ3) is 5.13. The Labute approximate surface area is 192 Å². The van der Waals surface area contributed by atoms with E-state index in [4.69, 9.17) is 16.3 Å². The summed E-state index contributed by atoms with van der Waals surface area (Å²) in [5.74, 6) is 0.831. The summed E-state index contributed by atoms with van der Waals surface area (Å²) in [6.07, 6.45) is 4.12. The molecule has 0 saturated heterocycles. The second-order valence-electron chi connectivity index (χ2n) is 7.64. The van der Waals surface area contributed by atoms with Gasteiger partial charge in [-0.1, -0.05) is 42.6 Å². The molecule has 1 heterocycles. The Morgan fingerprint density at radius 2 is 1.90 bits per heavy atom. The van der Waals surface area contributed by atoms with Gasteiger partial charge in [-0.05, 0) is 43.2 Å². The van der Waals surface area contributed by atoms with Gasteiger partial charge >= 0.3 is 0 Å². The van der Waals surface area contributed by atoms with Crippen LogP contribution in [0.4, 0.5) is 5.69 Å². The summed E-state index contributed by atoms with van der Waals surface area (Å²) in [6.45, 7) is 0.408. The van der Waals surface area contributed by atoms with Crippen LogP contribution in [0.15, 0.2) is 53.4 Å². The maximum absolute atomic E-state index is 13.3. The summed E-state index contributed by atoms with van der Waals surface area (Å²) in [5.41, 5.74) is 0.331. The van der Waals surface area contributed by atoms with Crippen LogP contribution in [-0.2, 0) is 14.8 Å². The molecule has 1 fully saturated rings. The van der Waals surface area contributed by atoms with Gasteiger partial charge in [-0.15, -0.1) is 0 Å². The van der Waals surface area contributed by atoms with Crippen molar-refractivity contribution in [3.8, 4) is 5.75 Å². The first-order valence-electron chi connectivity index (χ1n) is 10.4. The molecule has 2 aromatic rings. The van der Waals surface area contributed by atoms with Crippen LogP contribution in [0.2, 0.25) is 5.02 Å². The number of anilines is 1. The zero-order valence-electron chi connectivity index (χ0n) is 17.0. The van der Waals surface area contributed by atoms with Gasteiger partial charge in [-0.25, -0.2) is 8.42 Å². The Morgan fingerprint density at radius 1 is 1.16 bits per heavy atom. The molecule has 0 bridgehead atoms. The van der Waals surface area contributed by atoms with Gasteiger partial charge in [-0.3, -0.25) is 9.10 Å². The number of thioether (sulfide) groups is 1. The van der Waals surface area contributed by atoms with Crippen LogP contribution >= 0.6 is 23.4 Å². The van der Waals surface area contributed by atoms with E-state index >= 15 is 0 Å². The summed E-state index contributed by atoms with van der Waals surface area (Å²) >= 11 is 8.01. The van der Waals surface area contributed by atoms with Gasteiger partial charge < -0.3 is 10.1 Å². The number of nitrogens with zero attached hydrogens (tertiary/aromatic N) is 1. The van der Waals surface area contributed by atoms with Crippen molar-refractivity contribution in [3.05, 3.63) is 53.6 Å². The van der Waals surface area contributed by atoms with Gasteiger partial charge in [0.05, 0.1) is 17.1 Å². The van der Waals surface area contributed by atoms with E-state index in [1.165, 1.54) is 42.1 Å². The molecular weight excluding hydrogens is 456 g/mol. The molecule has 1 saturated carbocycles. The first kappa shape index (κ1) is 22.3. The van der Waals surface area contributed by atoms with Crippen molar-refractivity contribution in [2.75, 3.05) is 23.1 Å². The fourth-order valence-corrected chi connectivity index (χ4v) is 6.75. The zero-order chi connectivity index (χ0) is 21.8. The third-order valence-corrected chi connectivity index (χ3v) is 8.88. The molecular formula is C22H25ClN2O4S2. The Morgan fingerprint density at radius 3 is 2.65 bits per heavy atom. The predicted octanol–water partition coefficient (Wildman–Crippen LogP) is 4.09. The number of sulfonamides is 1. The molecule has 9 heteroatoms. The minimum absolute atomic E-state index is 0.119. The zero-order valence-corrected chi connectivity index (χ0v) is 19.4. The fourth-order valence-electron chi connectivity index (χ4n) is 3.88. The summed E-state index contributed by atoms with van der Waals surface area (Å²) in [7, 11) is -3.88. The molecule has 0 spiro atoms. The molecule has 0 unspecified atom stereocenters. The van der Waals surface area contributed by atoms with Gasteiger partial charge in [0.25, 0.3) is 15.9 Å². The van der Waals surface area contributed by atoms with Crippen molar-refractivity contribution in [2.24, 2.45) is 0 Å². The van der Waals surface area contributed by atoms with E-state index in [-0.39, 0.29) is 17.3 Å². The first-order valence-corrected chi connectivity index (χ1v) is 13.2. The number of benzene rings is 2. The Bertz CT molecular complexity index is 1030. The Hall–Kier alpha value is -1.90. The predicted molar refractivity (Wildman–Crippen MR) is 125 cm³/mol. The fraction of sp³-hybridized carbons (Fsp3) is 0.409. The topological polar surface area (TPSA) is 75.7 Å². The average Bonchev–Trinajstić information content (AvgIpc) is 3.30. The maximum atomic E-state index is 13.3. The molecule has 1 amide bonds. The van der Waals surface area contributed by atoms with Gasteiger partial charge in [0, 0.05) is 22.6 Å². The van der Waals surface area contributed by atoms with Gasteiger partial charge in [-0.2, -0.15) is 11.8 Å². The highest BCUT2D eigenvalue weighted by Gasteiger charge is 2.37. The van der Waals surface area contributed by atoms with Gasteiger partial charge in [0.15, 0.2) is 6.10 Å². The number of hydrogen-bond donors (Lipinski definition) is 1. The van der Waals surface area contributed by atoms with Crippen molar-refractivity contribution < 1.29 is 17.9 Å². The lowest BCUT2D eigenvalue weighted by molar-refractivity contribution is -0.127. The molecule has 6 nitrogen and oxygen atoms in total. The largest absolute Gasteiger partial charge is 0.476 e. The second kappa shape index (κ2) is 9.71. The standard InChI is InChI=1S/C22H25ClN2O4S2/c23-16-10-11-20-19(14-16)25(31(27,28)18-8-2-1-3-9-18)15-21(29-20)22(26)24-12-13-30-17-6-4-5-7-17/h1-3,8-11,14,17,21H,4-7,12-13,15H2,(H,24,26)/t21-/m1/s1. The molecule has 4 rings (SSSR count). The van der Waals surface area contributed by atoms with Crippen molar-refractivity contribution >= 4 is 45.0 Å². The summed E-state index contributed by atoms with van der Waals surface area (Å²) in [5, 5.41) is 3.98. The van der Waals surface area contributed by atoms with E-state index < -0.39 is 16.1 Å². The number of halogens is 1. The van der Waals surface area contributed by atoms with E-state index in [1.54, 1.807) is 36.4 Å². The lowest BCUT2D eigenvalue weighted by Crippen LogP contribution is -2.51. The number of amides is 1. The summed E-state index contributed by atoms with van der Waals surface area (Å²) in [6, 6.07) is 12.9. The number of ether oxygens (including phenoxy) is 1. The van der Waals surface area contributed by atoms with Crippen LogP contribution in [0, 0.1) is 0 Å². The van der Waals surface area contributed by atoms with Crippen LogP contribution in [0.1, 0.15) is 25.7 Å². The molecule has 0 radical (unpaired) electrons. The number of hydrogen-bond acceptors (Lipinski definition) is 5. The highest BCUT2D eigenvalue weighted by Crippen LogP contribution is 2.38. The van der Waals surface area contributed by atoms with Crippen molar-refractivity contribution in [1.29, 1.82) is 0 Å². The number of nitrogens with one attached hydrogen (secondary N) is 1. The SMILES string of the molecule is O=C(NCCSC1CCCC1)[C@H]1CN(S(=O)(=O)c2ccccc2)c2cc(Cl)ccc2O1. The molecule has 1 atom stereocenters. The van der Waals surface area contributed by atoms with Crippen molar-refractivity contribution in [1.82, 2.24) is 5.32 Å². The normalized spacial score (nSPS) is 19.0. The van der Waals surface area contributed by atoms with Crippen LogP contribution in [0.25, 0.3) is 0 Å². The number of rotatable bonds is 7. The van der Waals surface area contributed by atoms with Crippen LogP contribution in [0.5, 0.6) is 5.75 Å². The summed E-state index contributed by atoms with van der Waals surface area (Å²) < 4.78 is 33.7. The monoisotopic (exact) mass is 480 g/mol. The smallest absolute Gasteiger partial charge is 0.264 e. The first-order chi connectivity index (χ1) is 14.9. The quantitative estimate of drug-likeness (QED) is 0.604. The van der Waals surface area contributed by atoms with E-state index in [0.717, 1.165) is 5.75 Å². The van der Waals surface area contributed by atoms with E-state index in [0.29, 0.717) is 28.3 Å². The average molecular weight is 481 g/mol. The highest BCUT2D eigenvalue weighted by molar-refractivity contribution is 7.99. The summed E-state index contributed by atoms with van der Waals surface area (Å²) in [4.78, 5) is 12.9. The van der Waals surface area contributed by atoms with Crippen molar-refractivity contribution in [2.45, 2.75) is 41.9 Å². The highest BCUT2D eigenvalue weighted by atomic mass is 35.5. The van der Waals surface area contributed by atoms with Crippen LogP contribution in [0.3, 0.4) is 0 Å². The van der Waals surface area contributed by atoms with Gasteiger partial charge in [0.1, 0.15) is 5.75 Å². The van der Waals surface area contributed by atoms with Crippen LogP contribution < -0.4 is 14.4 Å².